The monoisotopic (exact) mass is 382 g/mol. The van der Waals surface area contributed by atoms with E-state index in [1.54, 1.807) is 42.5 Å². The van der Waals surface area contributed by atoms with Gasteiger partial charge in [0, 0.05) is 16.7 Å². The van der Waals surface area contributed by atoms with Gasteiger partial charge in [0.05, 0.1) is 5.69 Å². The van der Waals surface area contributed by atoms with Crippen molar-refractivity contribution in [1.82, 2.24) is 5.32 Å². The second kappa shape index (κ2) is 6.74. The fourth-order valence-electron chi connectivity index (χ4n) is 2.75. The first-order valence-electron chi connectivity index (χ1n) is 8.00. The van der Waals surface area contributed by atoms with Crippen molar-refractivity contribution in [2.24, 2.45) is 0 Å². The number of carbonyl (C=O) groups is 2. The number of nitrogens with one attached hydrogen (secondary N) is 1. The van der Waals surface area contributed by atoms with Crippen molar-refractivity contribution in [1.29, 1.82) is 0 Å². The van der Waals surface area contributed by atoms with Crippen LogP contribution in [0, 0.1) is 5.82 Å². The summed E-state index contributed by atoms with van der Waals surface area (Å²) in [5, 5.41) is 2.93. The maximum Gasteiger partial charge on any atom is 0.333 e. The molecule has 1 aliphatic heterocycles. The first kappa shape index (κ1) is 17.1. The van der Waals surface area contributed by atoms with E-state index in [4.69, 9.17) is 16.0 Å². The zero-order valence-corrected chi connectivity index (χ0v) is 14.5. The fourth-order valence-corrected chi connectivity index (χ4v) is 2.94. The van der Waals surface area contributed by atoms with Crippen LogP contribution in [0.5, 0.6) is 0 Å². The minimum atomic E-state index is -0.578. The van der Waals surface area contributed by atoms with Crippen molar-refractivity contribution in [2.75, 3.05) is 4.90 Å². The molecule has 0 saturated carbocycles. The van der Waals surface area contributed by atoms with Gasteiger partial charge in [0.15, 0.2) is 0 Å². The molecule has 0 aliphatic carbocycles. The molecule has 0 spiro atoms. The highest BCUT2D eigenvalue weighted by Gasteiger charge is 2.35. The largest absolute Gasteiger partial charge is 0.457 e. The molecule has 0 atom stereocenters. The van der Waals surface area contributed by atoms with Crippen LogP contribution in [0.2, 0.25) is 5.02 Å². The zero-order chi connectivity index (χ0) is 19.0. The van der Waals surface area contributed by atoms with Crippen LogP contribution in [0.15, 0.2) is 70.8 Å². The van der Waals surface area contributed by atoms with Gasteiger partial charge in [0.2, 0.25) is 0 Å². The Morgan fingerprint density at radius 1 is 1.04 bits per heavy atom. The van der Waals surface area contributed by atoms with E-state index in [9.17, 15) is 14.0 Å². The van der Waals surface area contributed by atoms with Crippen molar-refractivity contribution in [3.63, 3.8) is 0 Å². The molecule has 134 valence electrons. The normalized spacial score (nSPS) is 15.5. The summed E-state index contributed by atoms with van der Waals surface area (Å²) in [4.78, 5) is 25.8. The molecule has 0 radical (unpaired) electrons. The highest BCUT2D eigenvalue weighted by atomic mass is 35.5. The molecular weight excluding hydrogens is 371 g/mol. The Morgan fingerprint density at radius 3 is 2.63 bits per heavy atom. The number of benzene rings is 2. The molecular formula is C20H12ClFN2O3. The maximum absolute atomic E-state index is 13.4. The van der Waals surface area contributed by atoms with Gasteiger partial charge in [-0.25, -0.2) is 14.1 Å². The molecule has 1 aliphatic rings. The van der Waals surface area contributed by atoms with Crippen molar-refractivity contribution in [2.45, 2.75) is 0 Å². The van der Waals surface area contributed by atoms with Crippen LogP contribution in [-0.2, 0) is 4.79 Å². The predicted molar refractivity (Wildman–Crippen MR) is 99.5 cm³/mol. The zero-order valence-electron chi connectivity index (χ0n) is 13.8. The average molecular weight is 383 g/mol. The summed E-state index contributed by atoms with van der Waals surface area (Å²) in [6.45, 7) is 0. The Hall–Kier alpha value is -3.38. The second-order valence-electron chi connectivity index (χ2n) is 5.82. The molecule has 1 N–H and O–H groups in total. The lowest BCUT2D eigenvalue weighted by Gasteiger charge is -2.11. The van der Waals surface area contributed by atoms with Gasteiger partial charge < -0.3 is 9.73 Å². The Morgan fingerprint density at radius 2 is 1.85 bits per heavy atom. The van der Waals surface area contributed by atoms with Crippen LogP contribution >= 0.6 is 11.6 Å². The number of nitrogens with zero attached hydrogens (tertiary/aromatic N) is 1. The molecule has 0 unspecified atom stereocenters. The Labute approximate surface area is 158 Å². The van der Waals surface area contributed by atoms with E-state index in [1.807, 2.05) is 0 Å². The molecule has 0 bridgehead atoms. The van der Waals surface area contributed by atoms with Crippen LogP contribution in [0.1, 0.15) is 5.76 Å². The van der Waals surface area contributed by atoms with Crippen LogP contribution in [-0.4, -0.2) is 11.9 Å². The van der Waals surface area contributed by atoms with Gasteiger partial charge in [-0.2, -0.15) is 0 Å². The molecule has 3 amide bonds. The molecule has 1 aromatic heterocycles. The Kier molecular flexibility index (Phi) is 4.25. The minimum Gasteiger partial charge on any atom is -0.457 e. The van der Waals surface area contributed by atoms with E-state index in [1.165, 1.54) is 24.3 Å². The van der Waals surface area contributed by atoms with Crippen molar-refractivity contribution >= 4 is 35.3 Å². The van der Waals surface area contributed by atoms with E-state index in [2.05, 4.69) is 5.32 Å². The summed E-state index contributed by atoms with van der Waals surface area (Å²) < 4.78 is 19.0. The number of anilines is 1. The highest BCUT2D eigenvalue weighted by Crippen LogP contribution is 2.27. The third kappa shape index (κ3) is 3.35. The SMILES string of the molecule is O=C1N/C(=C/c2ccc(-c3cccc(F)c3)o2)C(=O)N1c1cccc(Cl)c1. The van der Waals surface area contributed by atoms with Gasteiger partial charge in [-0.1, -0.05) is 29.8 Å². The first-order chi connectivity index (χ1) is 13.0. The quantitative estimate of drug-likeness (QED) is 0.521. The summed E-state index contributed by atoms with van der Waals surface area (Å²) in [5.74, 6) is -0.0964. The summed E-state index contributed by atoms with van der Waals surface area (Å²) in [6, 6.07) is 15.1. The van der Waals surface area contributed by atoms with Gasteiger partial charge in [-0.05, 0) is 42.5 Å². The average Bonchev–Trinajstić information content (AvgIpc) is 3.20. The highest BCUT2D eigenvalue weighted by molar-refractivity contribution is 6.32. The van der Waals surface area contributed by atoms with Gasteiger partial charge in [-0.15, -0.1) is 0 Å². The molecule has 1 saturated heterocycles. The molecule has 2 aromatic carbocycles. The number of furan rings is 1. The lowest BCUT2D eigenvalue weighted by Crippen LogP contribution is -2.30. The number of halogens is 2. The predicted octanol–water partition coefficient (Wildman–Crippen LogP) is 4.84. The molecule has 7 heteroatoms. The molecule has 1 fully saturated rings. The Balaban J connectivity index is 1.62. The molecule has 3 aromatic rings. The number of hydrogen-bond acceptors (Lipinski definition) is 3. The van der Waals surface area contributed by atoms with Gasteiger partial charge in [-0.3, -0.25) is 4.79 Å². The minimum absolute atomic E-state index is 0.0696. The lowest BCUT2D eigenvalue weighted by atomic mass is 10.2. The first-order valence-corrected chi connectivity index (χ1v) is 8.37. The van der Waals surface area contributed by atoms with Crippen molar-refractivity contribution in [3.05, 3.63) is 83.0 Å². The number of rotatable bonds is 3. The van der Waals surface area contributed by atoms with Gasteiger partial charge in [0.25, 0.3) is 5.91 Å². The second-order valence-corrected chi connectivity index (χ2v) is 6.26. The van der Waals surface area contributed by atoms with Crippen LogP contribution in [0.3, 0.4) is 0 Å². The van der Waals surface area contributed by atoms with E-state index in [0.29, 0.717) is 27.8 Å². The number of carbonyl (C=O) groups excluding carboxylic acids is 2. The van der Waals surface area contributed by atoms with E-state index in [-0.39, 0.29) is 11.5 Å². The standard InChI is InChI=1S/C20H12ClFN2O3/c21-13-4-2-6-15(10-13)24-19(25)17(23-20(24)26)11-16-7-8-18(27-16)12-3-1-5-14(22)9-12/h1-11H,(H,23,26)/b17-11+. The lowest BCUT2D eigenvalue weighted by molar-refractivity contribution is -0.113. The molecule has 2 heterocycles. The maximum atomic E-state index is 13.4. The third-order valence-electron chi connectivity index (χ3n) is 3.97. The number of urea groups is 1. The third-order valence-corrected chi connectivity index (χ3v) is 4.20. The summed E-state index contributed by atoms with van der Waals surface area (Å²) >= 11 is 5.93. The van der Waals surface area contributed by atoms with Crippen molar-refractivity contribution < 1.29 is 18.4 Å². The molecule has 5 nitrogen and oxygen atoms in total. The number of hydrogen-bond donors (Lipinski definition) is 1. The topological polar surface area (TPSA) is 62.6 Å². The smallest absolute Gasteiger partial charge is 0.333 e. The molecule has 4 rings (SSSR count). The van der Waals surface area contributed by atoms with Crippen LogP contribution < -0.4 is 10.2 Å². The van der Waals surface area contributed by atoms with E-state index < -0.39 is 11.9 Å². The van der Waals surface area contributed by atoms with Crippen LogP contribution in [0.4, 0.5) is 14.9 Å². The fraction of sp³-hybridized carbons (Fsp3) is 0. The summed E-state index contributed by atoms with van der Waals surface area (Å²) in [6.07, 6.45) is 1.42. The van der Waals surface area contributed by atoms with Gasteiger partial charge >= 0.3 is 6.03 Å². The van der Waals surface area contributed by atoms with E-state index >= 15 is 0 Å². The summed E-state index contributed by atoms with van der Waals surface area (Å²) in [5.41, 5.74) is 1.01. The summed E-state index contributed by atoms with van der Waals surface area (Å²) in [7, 11) is 0. The van der Waals surface area contributed by atoms with Crippen LogP contribution in [0.25, 0.3) is 17.4 Å². The Bertz CT molecular complexity index is 1090. The van der Waals surface area contributed by atoms with Gasteiger partial charge in [0.1, 0.15) is 23.0 Å². The number of amides is 3. The van der Waals surface area contributed by atoms with E-state index in [0.717, 1.165) is 4.90 Å². The van der Waals surface area contributed by atoms with Crippen molar-refractivity contribution in [3.8, 4) is 11.3 Å². The molecule has 27 heavy (non-hydrogen) atoms. The number of imide groups is 1.